The molecule has 2 fully saturated rings. The Hall–Kier alpha value is -2.82. The molecule has 4 heterocycles. The summed E-state index contributed by atoms with van der Waals surface area (Å²) < 4.78 is 18.0. The highest BCUT2D eigenvalue weighted by atomic mass is 16.6. The second kappa shape index (κ2) is 8.25. The van der Waals surface area contributed by atoms with Gasteiger partial charge in [-0.1, -0.05) is 6.07 Å². The number of esters is 1. The summed E-state index contributed by atoms with van der Waals surface area (Å²) in [4.78, 5) is 28.7. The minimum absolute atomic E-state index is 0.103. The molecule has 0 unspecified atom stereocenters. The molecule has 2 aliphatic rings. The number of pyridine rings is 1. The first kappa shape index (κ1) is 19.0. The number of carboxylic acid groups (broad SMARTS) is 1. The Morgan fingerprint density at radius 2 is 2.07 bits per heavy atom. The lowest BCUT2D eigenvalue weighted by Crippen LogP contribution is -2.30. The van der Waals surface area contributed by atoms with Gasteiger partial charge in [0.25, 0.3) is 6.47 Å². The molecule has 4 atom stereocenters. The zero-order chi connectivity index (χ0) is 19.4. The quantitative estimate of drug-likeness (QED) is 0.565. The predicted molar refractivity (Wildman–Crippen MR) is 90.0 cm³/mol. The number of hydrogen-bond donors (Lipinski definition) is 2. The molecule has 0 aliphatic carbocycles. The third kappa shape index (κ3) is 3.68. The standard InChI is InChI=1S/C16H17N3O5.CH2O2/c1-22-16(21)10-4-2-3-9(18-10)15-17-5-6-19(15)11-7-23-14-12(20)8-24-13(11)14;2-1-3/h2-6,11-14,20H,7-8H2,1H3;1H,(H,2,3)/t11-,12+,13+,14+;/m0./s1. The molecule has 2 saturated heterocycles. The van der Waals surface area contributed by atoms with Gasteiger partial charge in [-0.3, -0.25) is 4.79 Å². The number of aliphatic hydroxyl groups excluding tert-OH is 1. The Morgan fingerprint density at radius 3 is 2.81 bits per heavy atom. The molecule has 0 amide bonds. The van der Waals surface area contributed by atoms with E-state index in [0.717, 1.165) is 0 Å². The molecule has 10 nitrogen and oxygen atoms in total. The van der Waals surface area contributed by atoms with Gasteiger partial charge in [-0.15, -0.1) is 0 Å². The van der Waals surface area contributed by atoms with Crippen molar-refractivity contribution in [2.45, 2.75) is 24.4 Å². The summed E-state index contributed by atoms with van der Waals surface area (Å²) in [6.45, 7) is 0.443. The van der Waals surface area contributed by atoms with Crippen LogP contribution in [0.1, 0.15) is 16.5 Å². The summed E-state index contributed by atoms with van der Waals surface area (Å²) in [6.07, 6.45) is 2.34. The van der Waals surface area contributed by atoms with Crippen molar-refractivity contribution < 1.29 is 34.0 Å². The Kier molecular flexibility index (Phi) is 5.79. The summed E-state index contributed by atoms with van der Waals surface area (Å²) in [5.74, 6) is 0.112. The number of nitrogens with zero attached hydrogens (tertiary/aromatic N) is 3. The van der Waals surface area contributed by atoms with Gasteiger partial charge >= 0.3 is 5.97 Å². The average molecular weight is 377 g/mol. The van der Waals surface area contributed by atoms with Crippen molar-refractivity contribution in [3.05, 3.63) is 36.3 Å². The van der Waals surface area contributed by atoms with Crippen LogP contribution in [0.15, 0.2) is 30.6 Å². The number of aromatic nitrogens is 3. The Morgan fingerprint density at radius 1 is 1.33 bits per heavy atom. The van der Waals surface area contributed by atoms with Gasteiger partial charge in [0.1, 0.15) is 29.7 Å². The normalized spacial score (nSPS) is 26.0. The minimum atomic E-state index is -0.604. The molecule has 144 valence electrons. The van der Waals surface area contributed by atoms with Crippen LogP contribution in [0, 0.1) is 0 Å². The van der Waals surface area contributed by atoms with E-state index in [2.05, 4.69) is 9.97 Å². The summed E-state index contributed by atoms with van der Waals surface area (Å²) in [5, 5.41) is 16.8. The number of ether oxygens (including phenoxy) is 3. The van der Waals surface area contributed by atoms with Crippen LogP contribution in [0.2, 0.25) is 0 Å². The third-order valence-electron chi connectivity index (χ3n) is 4.40. The largest absolute Gasteiger partial charge is 0.483 e. The number of carbonyl (C=O) groups excluding carboxylic acids is 1. The van der Waals surface area contributed by atoms with Gasteiger partial charge in [-0.05, 0) is 12.1 Å². The van der Waals surface area contributed by atoms with E-state index in [1.807, 2.05) is 10.8 Å². The molecular formula is C17H19N3O7. The van der Waals surface area contributed by atoms with Gasteiger partial charge < -0.3 is 29.0 Å². The number of imidazole rings is 1. The lowest BCUT2D eigenvalue weighted by molar-refractivity contribution is -0.122. The highest BCUT2D eigenvalue weighted by Crippen LogP contribution is 2.36. The number of carbonyl (C=O) groups is 2. The van der Waals surface area contributed by atoms with Gasteiger partial charge in [0.05, 0.1) is 26.4 Å². The molecule has 0 bridgehead atoms. The number of aliphatic hydroxyl groups is 1. The van der Waals surface area contributed by atoms with Gasteiger partial charge in [-0.25, -0.2) is 14.8 Å². The first-order valence-electron chi connectivity index (χ1n) is 8.18. The molecule has 0 aromatic carbocycles. The first-order chi connectivity index (χ1) is 13.1. The van der Waals surface area contributed by atoms with Crippen LogP contribution in [0.3, 0.4) is 0 Å². The fraction of sp³-hybridized carbons (Fsp3) is 0.412. The number of methoxy groups -OCH3 is 1. The maximum Gasteiger partial charge on any atom is 0.356 e. The van der Waals surface area contributed by atoms with Crippen molar-refractivity contribution in [3.63, 3.8) is 0 Å². The van der Waals surface area contributed by atoms with Crippen LogP contribution in [0.4, 0.5) is 0 Å². The molecule has 10 heteroatoms. The fourth-order valence-corrected chi connectivity index (χ4v) is 3.25. The molecule has 0 radical (unpaired) electrons. The van der Waals surface area contributed by atoms with Crippen LogP contribution < -0.4 is 0 Å². The summed E-state index contributed by atoms with van der Waals surface area (Å²) in [5.41, 5.74) is 0.780. The van der Waals surface area contributed by atoms with Crippen LogP contribution in [-0.2, 0) is 19.0 Å². The smallest absolute Gasteiger partial charge is 0.356 e. The van der Waals surface area contributed by atoms with Gasteiger partial charge in [0.2, 0.25) is 0 Å². The summed E-state index contributed by atoms with van der Waals surface area (Å²) in [6, 6.07) is 5.00. The SMILES string of the molecule is COC(=O)c1cccc(-c2nccn2[C@H]2CO[C@H]3[C@@H]2OC[C@H]3O)n1.O=CO. The Balaban J connectivity index is 0.000000659. The molecule has 0 spiro atoms. The van der Waals surface area contributed by atoms with Crippen LogP contribution >= 0.6 is 0 Å². The van der Waals surface area contributed by atoms with E-state index in [1.54, 1.807) is 24.4 Å². The van der Waals surface area contributed by atoms with E-state index >= 15 is 0 Å². The van der Waals surface area contributed by atoms with E-state index in [1.165, 1.54) is 7.11 Å². The number of rotatable bonds is 3. The average Bonchev–Trinajstić information content (AvgIpc) is 3.39. The second-order valence-electron chi connectivity index (χ2n) is 5.89. The van der Waals surface area contributed by atoms with E-state index < -0.39 is 12.1 Å². The fourth-order valence-electron chi connectivity index (χ4n) is 3.25. The van der Waals surface area contributed by atoms with Gasteiger partial charge in [0.15, 0.2) is 5.82 Å². The topological polar surface area (TPSA) is 133 Å². The Bertz CT molecular complexity index is 809. The maximum atomic E-state index is 11.7. The molecule has 4 rings (SSSR count). The predicted octanol–water partition coefficient (Wildman–Crippen LogP) is 0.132. The first-order valence-corrected chi connectivity index (χ1v) is 8.18. The number of fused-ring (bicyclic) bond motifs is 1. The monoisotopic (exact) mass is 377 g/mol. The molecule has 0 saturated carbocycles. The van der Waals surface area contributed by atoms with Crippen LogP contribution in [0.5, 0.6) is 0 Å². The van der Waals surface area contributed by atoms with E-state index in [9.17, 15) is 9.90 Å². The van der Waals surface area contributed by atoms with Crippen molar-refractivity contribution in [2.75, 3.05) is 20.3 Å². The van der Waals surface area contributed by atoms with Crippen LogP contribution in [-0.4, -0.2) is 75.8 Å². The van der Waals surface area contributed by atoms with Crippen molar-refractivity contribution >= 4 is 12.4 Å². The van der Waals surface area contributed by atoms with Crippen molar-refractivity contribution in [3.8, 4) is 11.5 Å². The molecule has 2 aliphatic heterocycles. The maximum absolute atomic E-state index is 11.7. The summed E-state index contributed by atoms with van der Waals surface area (Å²) in [7, 11) is 1.32. The molecule has 2 aromatic heterocycles. The number of hydrogen-bond acceptors (Lipinski definition) is 8. The highest BCUT2D eigenvalue weighted by Gasteiger charge is 2.48. The second-order valence-corrected chi connectivity index (χ2v) is 5.89. The van der Waals surface area contributed by atoms with Crippen molar-refractivity contribution in [1.82, 2.24) is 14.5 Å². The molecule has 27 heavy (non-hydrogen) atoms. The molecular weight excluding hydrogens is 358 g/mol. The minimum Gasteiger partial charge on any atom is -0.483 e. The van der Waals surface area contributed by atoms with Crippen LogP contribution in [0.25, 0.3) is 11.5 Å². The highest BCUT2D eigenvalue weighted by molar-refractivity contribution is 5.87. The van der Waals surface area contributed by atoms with E-state index in [-0.39, 0.29) is 37.0 Å². The Labute approximate surface area is 154 Å². The zero-order valence-corrected chi connectivity index (χ0v) is 14.5. The van der Waals surface area contributed by atoms with E-state index in [0.29, 0.717) is 18.1 Å². The van der Waals surface area contributed by atoms with Gasteiger partial charge in [-0.2, -0.15) is 0 Å². The van der Waals surface area contributed by atoms with Crippen molar-refractivity contribution in [1.29, 1.82) is 0 Å². The lowest BCUT2D eigenvalue weighted by atomic mass is 10.1. The third-order valence-corrected chi connectivity index (χ3v) is 4.40. The molecule has 2 aromatic rings. The lowest BCUT2D eigenvalue weighted by Gasteiger charge is -2.19. The van der Waals surface area contributed by atoms with Crippen molar-refractivity contribution in [2.24, 2.45) is 0 Å². The molecule has 2 N–H and O–H groups in total. The van der Waals surface area contributed by atoms with E-state index in [4.69, 9.17) is 24.1 Å². The summed E-state index contributed by atoms with van der Waals surface area (Å²) >= 11 is 0. The zero-order valence-electron chi connectivity index (χ0n) is 14.5. The van der Waals surface area contributed by atoms with Gasteiger partial charge in [0, 0.05) is 12.4 Å².